The SMILES string of the molecule is c1ccc2[nH]c(-c3ccc4onc(-c5nc6ccccc6o5)c4c3-c3nc4ccccc4[nH]3)cc2c1. The van der Waals surface area contributed by atoms with Gasteiger partial charge in [0.15, 0.2) is 16.9 Å². The summed E-state index contributed by atoms with van der Waals surface area (Å²) in [5, 5.41) is 6.32. The van der Waals surface area contributed by atoms with Crippen molar-refractivity contribution in [3.8, 4) is 34.2 Å². The van der Waals surface area contributed by atoms with Crippen molar-refractivity contribution in [2.75, 3.05) is 0 Å². The second-order valence-electron chi connectivity index (χ2n) is 8.75. The lowest BCUT2D eigenvalue weighted by molar-refractivity contribution is 0.455. The van der Waals surface area contributed by atoms with Gasteiger partial charge in [0.25, 0.3) is 5.89 Å². The molecule has 7 nitrogen and oxygen atoms in total. The van der Waals surface area contributed by atoms with E-state index in [1.165, 1.54) is 0 Å². The summed E-state index contributed by atoms with van der Waals surface area (Å²) in [6.45, 7) is 0. The number of nitrogens with zero attached hydrogens (tertiary/aromatic N) is 3. The van der Waals surface area contributed by atoms with E-state index in [1.54, 1.807) is 0 Å². The molecule has 170 valence electrons. The number of benzene rings is 4. The van der Waals surface area contributed by atoms with Gasteiger partial charge < -0.3 is 18.9 Å². The maximum Gasteiger partial charge on any atom is 0.250 e. The number of oxazole rings is 1. The molecule has 8 aromatic rings. The molecule has 0 unspecified atom stereocenters. The second kappa shape index (κ2) is 7.16. The first-order chi connectivity index (χ1) is 17.8. The number of H-pyrrole nitrogens is 2. The number of fused-ring (bicyclic) bond motifs is 4. The van der Waals surface area contributed by atoms with E-state index >= 15 is 0 Å². The lowest BCUT2D eigenvalue weighted by Crippen LogP contribution is -1.90. The van der Waals surface area contributed by atoms with Crippen molar-refractivity contribution in [3.63, 3.8) is 0 Å². The summed E-state index contributed by atoms with van der Waals surface area (Å²) >= 11 is 0. The fourth-order valence-corrected chi connectivity index (χ4v) is 4.91. The average molecular weight is 467 g/mol. The van der Waals surface area contributed by atoms with E-state index in [9.17, 15) is 0 Å². The molecule has 4 aromatic carbocycles. The van der Waals surface area contributed by atoms with Gasteiger partial charge in [0.05, 0.1) is 16.4 Å². The summed E-state index contributed by atoms with van der Waals surface area (Å²) in [5.74, 6) is 1.12. The fourth-order valence-electron chi connectivity index (χ4n) is 4.91. The van der Waals surface area contributed by atoms with Crippen LogP contribution >= 0.6 is 0 Å². The van der Waals surface area contributed by atoms with Crippen LogP contribution < -0.4 is 0 Å². The van der Waals surface area contributed by atoms with Crippen LogP contribution in [0.2, 0.25) is 0 Å². The van der Waals surface area contributed by atoms with E-state index in [0.717, 1.165) is 55.5 Å². The summed E-state index contributed by atoms with van der Waals surface area (Å²) < 4.78 is 11.9. The first-order valence-electron chi connectivity index (χ1n) is 11.6. The molecule has 8 rings (SSSR count). The minimum absolute atomic E-state index is 0.404. The van der Waals surface area contributed by atoms with Gasteiger partial charge in [0, 0.05) is 27.7 Å². The van der Waals surface area contributed by atoms with Gasteiger partial charge in [0.2, 0.25) is 0 Å². The summed E-state index contributed by atoms with van der Waals surface area (Å²) in [6.07, 6.45) is 0. The Labute approximate surface area is 203 Å². The Kier molecular flexibility index (Phi) is 3.81. The van der Waals surface area contributed by atoms with Gasteiger partial charge in [-0.1, -0.05) is 47.6 Å². The van der Waals surface area contributed by atoms with Gasteiger partial charge in [-0.3, -0.25) is 0 Å². The highest BCUT2D eigenvalue weighted by Crippen LogP contribution is 2.42. The maximum absolute atomic E-state index is 6.09. The van der Waals surface area contributed by atoms with Crippen LogP contribution in [0.15, 0.2) is 99.9 Å². The molecule has 4 aromatic heterocycles. The van der Waals surface area contributed by atoms with Crippen molar-refractivity contribution in [1.82, 2.24) is 25.1 Å². The molecule has 0 amide bonds. The average Bonchev–Trinajstić information content (AvgIpc) is 3.70. The van der Waals surface area contributed by atoms with Crippen molar-refractivity contribution in [3.05, 3.63) is 91.0 Å². The van der Waals surface area contributed by atoms with Gasteiger partial charge in [-0.25, -0.2) is 9.97 Å². The van der Waals surface area contributed by atoms with E-state index in [0.29, 0.717) is 22.8 Å². The highest BCUT2D eigenvalue weighted by atomic mass is 16.5. The summed E-state index contributed by atoms with van der Waals surface area (Å²) in [7, 11) is 0. The molecule has 0 saturated carbocycles. The summed E-state index contributed by atoms with van der Waals surface area (Å²) in [4.78, 5) is 16.7. The Morgan fingerprint density at radius 2 is 1.47 bits per heavy atom. The van der Waals surface area contributed by atoms with Crippen molar-refractivity contribution in [2.45, 2.75) is 0 Å². The zero-order valence-corrected chi connectivity index (χ0v) is 18.8. The van der Waals surface area contributed by atoms with Crippen LogP contribution in [-0.2, 0) is 0 Å². The quantitative estimate of drug-likeness (QED) is 0.284. The minimum atomic E-state index is 0.404. The number of para-hydroxylation sites is 5. The molecule has 4 heterocycles. The Hall–Kier alpha value is -5.17. The molecule has 0 radical (unpaired) electrons. The molecule has 0 fully saturated rings. The van der Waals surface area contributed by atoms with Crippen LogP contribution in [0, 0.1) is 0 Å². The lowest BCUT2D eigenvalue weighted by Gasteiger charge is -2.08. The molecule has 0 aliphatic rings. The van der Waals surface area contributed by atoms with Crippen LogP contribution in [-0.4, -0.2) is 25.1 Å². The predicted molar refractivity (Wildman–Crippen MR) is 139 cm³/mol. The summed E-state index contributed by atoms with van der Waals surface area (Å²) in [6, 6.07) is 30.0. The smallest absolute Gasteiger partial charge is 0.250 e. The second-order valence-corrected chi connectivity index (χ2v) is 8.75. The van der Waals surface area contributed by atoms with E-state index in [4.69, 9.17) is 18.9 Å². The standard InChI is InChI=1S/C29H17N5O2/c1-2-8-18-16(7-1)15-22(30-18)17-13-14-24-26(25(17)28-31-19-9-3-4-10-20(19)32-28)27(34-36-24)29-33-21-11-5-6-12-23(21)35-29/h1-15,30H,(H,31,32). The number of aromatic nitrogens is 5. The molecule has 0 saturated heterocycles. The monoisotopic (exact) mass is 467 g/mol. The lowest BCUT2D eigenvalue weighted by atomic mass is 9.98. The summed E-state index contributed by atoms with van der Waals surface area (Å²) in [5.41, 5.74) is 8.33. The van der Waals surface area contributed by atoms with E-state index in [-0.39, 0.29) is 0 Å². The first kappa shape index (κ1) is 19.2. The molecule has 0 atom stereocenters. The normalized spacial score (nSPS) is 11.9. The van der Waals surface area contributed by atoms with Gasteiger partial charge in [0.1, 0.15) is 11.3 Å². The van der Waals surface area contributed by atoms with Crippen molar-refractivity contribution in [2.24, 2.45) is 0 Å². The van der Waals surface area contributed by atoms with Crippen LogP contribution in [0.5, 0.6) is 0 Å². The minimum Gasteiger partial charge on any atom is -0.435 e. The van der Waals surface area contributed by atoms with Gasteiger partial charge in [-0.2, -0.15) is 0 Å². The maximum atomic E-state index is 6.09. The predicted octanol–water partition coefficient (Wildman–Crippen LogP) is 7.33. The number of hydrogen-bond acceptors (Lipinski definition) is 5. The zero-order chi connectivity index (χ0) is 23.6. The number of rotatable bonds is 3. The van der Waals surface area contributed by atoms with Crippen molar-refractivity contribution in [1.29, 1.82) is 0 Å². The molecule has 7 heteroatoms. The molecular formula is C29H17N5O2. The molecule has 0 bridgehead atoms. The number of aromatic amines is 2. The molecule has 0 aliphatic heterocycles. The first-order valence-corrected chi connectivity index (χ1v) is 11.6. The largest absolute Gasteiger partial charge is 0.435 e. The number of nitrogens with one attached hydrogen (secondary N) is 2. The molecule has 2 N–H and O–H groups in total. The Morgan fingerprint density at radius 1 is 0.667 bits per heavy atom. The van der Waals surface area contributed by atoms with Crippen molar-refractivity contribution < 1.29 is 8.94 Å². The van der Waals surface area contributed by atoms with Gasteiger partial charge >= 0.3 is 0 Å². The highest BCUT2D eigenvalue weighted by molar-refractivity contribution is 6.08. The Morgan fingerprint density at radius 3 is 2.33 bits per heavy atom. The van der Waals surface area contributed by atoms with Gasteiger partial charge in [-0.15, -0.1) is 0 Å². The fraction of sp³-hybridized carbons (Fsp3) is 0. The zero-order valence-electron chi connectivity index (χ0n) is 18.8. The number of hydrogen-bond donors (Lipinski definition) is 2. The van der Waals surface area contributed by atoms with E-state index < -0.39 is 0 Å². The molecule has 36 heavy (non-hydrogen) atoms. The molecular weight excluding hydrogens is 450 g/mol. The third-order valence-corrected chi connectivity index (χ3v) is 6.58. The van der Waals surface area contributed by atoms with Gasteiger partial charge in [-0.05, 0) is 48.5 Å². The topological polar surface area (TPSA) is 96.5 Å². The third kappa shape index (κ3) is 2.77. The molecule has 0 aliphatic carbocycles. The Bertz CT molecular complexity index is 1980. The van der Waals surface area contributed by atoms with Crippen LogP contribution in [0.3, 0.4) is 0 Å². The Balaban J connectivity index is 1.47. The van der Waals surface area contributed by atoms with E-state index in [1.807, 2.05) is 72.8 Å². The number of imidazole rings is 1. The molecule has 0 spiro atoms. The highest BCUT2D eigenvalue weighted by Gasteiger charge is 2.25. The van der Waals surface area contributed by atoms with Crippen LogP contribution in [0.1, 0.15) is 0 Å². The van der Waals surface area contributed by atoms with E-state index in [2.05, 4.69) is 33.3 Å². The van der Waals surface area contributed by atoms with Crippen LogP contribution in [0.25, 0.3) is 78.2 Å². The van der Waals surface area contributed by atoms with Crippen LogP contribution in [0.4, 0.5) is 0 Å². The van der Waals surface area contributed by atoms with Crippen molar-refractivity contribution >= 4 is 44.0 Å². The third-order valence-electron chi connectivity index (χ3n) is 6.58.